The van der Waals surface area contributed by atoms with Crippen molar-refractivity contribution in [1.82, 2.24) is 19.8 Å². The molecule has 0 spiro atoms. The standard InChI is InChI=1S/C7H13FN4O/c1-6(2)12-7(13)11(9-10-12)5-3-4-8/h6H,3-5H2,1-2H3. The predicted molar refractivity (Wildman–Crippen MR) is 45.3 cm³/mol. The Hall–Kier alpha value is -1.20. The molecule has 1 heterocycles. The molecule has 0 aliphatic heterocycles. The molecule has 6 heteroatoms. The van der Waals surface area contributed by atoms with Gasteiger partial charge < -0.3 is 0 Å². The SMILES string of the molecule is CC(C)n1nnn(CCCF)c1=O. The zero-order chi connectivity index (χ0) is 9.84. The summed E-state index contributed by atoms with van der Waals surface area (Å²) >= 11 is 0. The molecule has 0 atom stereocenters. The van der Waals surface area contributed by atoms with Crippen molar-refractivity contribution in [2.24, 2.45) is 0 Å². The van der Waals surface area contributed by atoms with Crippen LogP contribution in [0.3, 0.4) is 0 Å². The fourth-order valence-corrected chi connectivity index (χ4v) is 0.960. The van der Waals surface area contributed by atoms with Gasteiger partial charge in [-0.25, -0.2) is 4.79 Å². The van der Waals surface area contributed by atoms with Gasteiger partial charge in [0.25, 0.3) is 0 Å². The molecule has 1 rings (SSSR count). The molecule has 0 bridgehead atoms. The number of aromatic nitrogens is 4. The third kappa shape index (κ3) is 2.13. The van der Waals surface area contributed by atoms with Gasteiger partial charge >= 0.3 is 5.69 Å². The van der Waals surface area contributed by atoms with Gasteiger partial charge in [0, 0.05) is 0 Å². The van der Waals surface area contributed by atoms with Crippen LogP contribution in [0.2, 0.25) is 0 Å². The second-order valence-electron chi connectivity index (χ2n) is 3.07. The molecule has 0 aliphatic carbocycles. The highest BCUT2D eigenvalue weighted by Crippen LogP contribution is 1.94. The maximum Gasteiger partial charge on any atom is 0.363 e. The number of alkyl halides is 1. The molecule has 0 aromatic carbocycles. The number of aryl methyl sites for hydroxylation is 1. The van der Waals surface area contributed by atoms with E-state index in [9.17, 15) is 9.18 Å². The van der Waals surface area contributed by atoms with Crippen LogP contribution in [0, 0.1) is 0 Å². The van der Waals surface area contributed by atoms with Crippen LogP contribution < -0.4 is 5.69 Å². The molecule has 0 amide bonds. The molecule has 0 fully saturated rings. The van der Waals surface area contributed by atoms with E-state index in [-0.39, 0.29) is 11.7 Å². The minimum atomic E-state index is -0.443. The summed E-state index contributed by atoms with van der Waals surface area (Å²) in [6.07, 6.45) is 0.302. The van der Waals surface area contributed by atoms with Gasteiger partial charge in [-0.2, -0.15) is 9.36 Å². The monoisotopic (exact) mass is 188 g/mol. The van der Waals surface area contributed by atoms with Gasteiger partial charge in [0.2, 0.25) is 0 Å². The molecule has 1 aromatic rings. The smallest absolute Gasteiger partial charge is 0.251 e. The van der Waals surface area contributed by atoms with Crippen molar-refractivity contribution in [3.05, 3.63) is 10.5 Å². The van der Waals surface area contributed by atoms with Crippen molar-refractivity contribution in [2.45, 2.75) is 32.9 Å². The van der Waals surface area contributed by atoms with Crippen LogP contribution >= 0.6 is 0 Å². The van der Waals surface area contributed by atoms with Crippen LogP contribution in [0.4, 0.5) is 4.39 Å². The van der Waals surface area contributed by atoms with E-state index in [4.69, 9.17) is 0 Å². The second kappa shape index (κ2) is 4.15. The Balaban J connectivity index is 2.81. The molecular weight excluding hydrogens is 175 g/mol. The summed E-state index contributed by atoms with van der Waals surface area (Å²) in [5.41, 5.74) is -0.275. The number of hydrogen-bond acceptors (Lipinski definition) is 3. The molecule has 0 saturated carbocycles. The molecule has 1 aromatic heterocycles. The van der Waals surface area contributed by atoms with Crippen molar-refractivity contribution in [3.63, 3.8) is 0 Å². The van der Waals surface area contributed by atoms with Crippen molar-refractivity contribution in [1.29, 1.82) is 0 Å². The van der Waals surface area contributed by atoms with Crippen molar-refractivity contribution in [3.8, 4) is 0 Å². The third-order valence-electron chi connectivity index (χ3n) is 1.65. The lowest BCUT2D eigenvalue weighted by molar-refractivity contribution is 0.426. The first kappa shape index (κ1) is 9.88. The third-order valence-corrected chi connectivity index (χ3v) is 1.65. The number of hydrogen-bond donors (Lipinski definition) is 0. The maximum atomic E-state index is 11.8. The summed E-state index contributed by atoms with van der Waals surface area (Å²) in [6, 6.07) is -0.00775. The van der Waals surface area contributed by atoms with Crippen molar-refractivity contribution >= 4 is 0 Å². The first-order valence-electron chi connectivity index (χ1n) is 4.25. The van der Waals surface area contributed by atoms with Gasteiger partial charge in [0.1, 0.15) is 0 Å². The van der Waals surface area contributed by atoms with Crippen LogP contribution in [0.5, 0.6) is 0 Å². The Kier molecular flexibility index (Phi) is 3.16. The zero-order valence-corrected chi connectivity index (χ0v) is 7.77. The zero-order valence-electron chi connectivity index (χ0n) is 7.77. The predicted octanol–water partition coefficient (Wildman–Crippen LogP) is 0.380. The van der Waals surface area contributed by atoms with Crippen molar-refractivity contribution in [2.75, 3.05) is 6.67 Å². The van der Waals surface area contributed by atoms with Crippen LogP contribution in [0.25, 0.3) is 0 Å². The van der Waals surface area contributed by atoms with Crippen LogP contribution in [-0.2, 0) is 6.54 Å². The fraction of sp³-hybridized carbons (Fsp3) is 0.857. The average molecular weight is 188 g/mol. The van der Waals surface area contributed by atoms with Gasteiger partial charge in [0.05, 0.1) is 19.3 Å². The van der Waals surface area contributed by atoms with Crippen molar-refractivity contribution < 1.29 is 4.39 Å². The maximum absolute atomic E-state index is 11.8. The van der Waals surface area contributed by atoms with E-state index < -0.39 is 6.67 Å². The topological polar surface area (TPSA) is 52.7 Å². The minimum Gasteiger partial charge on any atom is -0.251 e. The van der Waals surface area contributed by atoms with E-state index in [1.165, 1.54) is 9.36 Å². The van der Waals surface area contributed by atoms with E-state index in [1.807, 2.05) is 13.8 Å². The minimum absolute atomic E-state index is 0.00775. The Morgan fingerprint density at radius 3 is 2.62 bits per heavy atom. The van der Waals surface area contributed by atoms with Crippen LogP contribution in [0.15, 0.2) is 4.79 Å². The van der Waals surface area contributed by atoms with E-state index in [1.54, 1.807) is 0 Å². The Bertz CT molecular complexity index is 317. The lowest BCUT2D eigenvalue weighted by Gasteiger charge is -1.99. The molecule has 0 aliphatic rings. The van der Waals surface area contributed by atoms with E-state index >= 15 is 0 Å². The van der Waals surface area contributed by atoms with Gasteiger partial charge in [-0.1, -0.05) is 0 Å². The summed E-state index contributed by atoms with van der Waals surface area (Å²) in [6.45, 7) is 3.54. The molecule has 0 saturated heterocycles. The van der Waals surface area contributed by atoms with E-state index in [0.717, 1.165) is 0 Å². The van der Waals surface area contributed by atoms with Gasteiger partial charge in [-0.05, 0) is 30.7 Å². The number of tetrazole rings is 1. The Morgan fingerprint density at radius 2 is 2.15 bits per heavy atom. The molecular formula is C7H13FN4O. The largest absolute Gasteiger partial charge is 0.363 e. The molecule has 0 N–H and O–H groups in total. The van der Waals surface area contributed by atoms with E-state index in [2.05, 4.69) is 10.4 Å². The first-order valence-corrected chi connectivity index (χ1v) is 4.25. The first-order chi connectivity index (χ1) is 6.16. The summed E-state index contributed by atoms with van der Waals surface area (Å²) in [5, 5.41) is 7.29. The lowest BCUT2D eigenvalue weighted by atomic mass is 10.4. The van der Waals surface area contributed by atoms with E-state index in [0.29, 0.717) is 13.0 Å². The highest BCUT2D eigenvalue weighted by Gasteiger charge is 2.08. The normalized spacial score (nSPS) is 11.1. The fourth-order valence-electron chi connectivity index (χ4n) is 0.960. The molecule has 13 heavy (non-hydrogen) atoms. The summed E-state index contributed by atoms with van der Waals surface area (Å²) in [5.74, 6) is 0. The molecule has 5 nitrogen and oxygen atoms in total. The average Bonchev–Trinajstić information content (AvgIpc) is 2.43. The van der Waals surface area contributed by atoms with Gasteiger partial charge in [-0.3, -0.25) is 4.39 Å². The van der Waals surface area contributed by atoms with Gasteiger partial charge in [-0.15, -0.1) is 0 Å². The second-order valence-corrected chi connectivity index (χ2v) is 3.07. The summed E-state index contributed by atoms with van der Waals surface area (Å²) in [4.78, 5) is 11.4. The lowest BCUT2D eigenvalue weighted by Crippen LogP contribution is -2.26. The number of nitrogens with zero attached hydrogens (tertiary/aromatic N) is 4. The highest BCUT2D eigenvalue weighted by molar-refractivity contribution is 4.62. The summed E-state index contributed by atoms with van der Waals surface area (Å²) in [7, 11) is 0. The Labute approximate surface area is 75.1 Å². The number of rotatable bonds is 4. The molecule has 74 valence electrons. The highest BCUT2D eigenvalue weighted by atomic mass is 19.1. The Morgan fingerprint density at radius 1 is 1.46 bits per heavy atom. The van der Waals surface area contributed by atoms with Crippen LogP contribution in [-0.4, -0.2) is 26.5 Å². The van der Waals surface area contributed by atoms with Gasteiger partial charge in [0.15, 0.2) is 0 Å². The van der Waals surface area contributed by atoms with Crippen LogP contribution in [0.1, 0.15) is 26.3 Å². The number of halogens is 1. The molecule has 0 radical (unpaired) electrons. The molecule has 0 unspecified atom stereocenters. The summed E-state index contributed by atoms with van der Waals surface area (Å²) < 4.78 is 14.3. The quantitative estimate of drug-likeness (QED) is 0.686.